The van der Waals surface area contributed by atoms with E-state index in [4.69, 9.17) is 23.7 Å². The minimum absolute atomic E-state index is 0.0188. The first-order valence-electron chi connectivity index (χ1n) is 18.1. The molecule has 3 aliphatic rings. The summed E-state index contributed by atoms with van der Waals surface area (Å²) in [5, 5.41) is 4.77. The molecule has 3 N–H and O–H groups in total. The topological polar surface area (TPSA) is 152 Å². The van der Waals surface area contributed by atoms with Gasteiger partial charge in [-0.2, -0.15) is 9.97 Å². The Labute approximate surface area is 307 Å². The van der Waals surface area contributed by atoms with Crippen LogP contribution in [0.25, 0.3) is 32.9 Å². The minimum Gasteiger partial charge on any atom is -0.468 e. The lowest BCUT2D eigenvalue weighted by Crippen LogP contribution is -2.54. The van der Waals surface area contributed by atoms with Gasteiger partial charge in [0, 0.05) is 30.4 Å². The van der Waals surface area contributed by atoms with Gasteiger partial charge in [-0.3, -0.25) is 19.2 Å². The fraction of sp³-hybridized carbons (Fsp3) is 0.514. The summed E-state index contributed by atoms with van der Waals surface area (Å²) in [6.07, 6.45) is 8.18. The number of aromatic nitrogens is 3. The van der Waals surface area contributed by atoms with Crippen LogP contribution in [-0.2, 0) is 20.5 Å². The van der Waals surface area contributed by atoms with Crippen molar-refractivity contribution >= 4 is 42.6 Å². The quantitative estimate of drug-likeness (QED) is 0.0618. The SMILES string of the molecule is CNC1(C)CCCN(c2nc(OCC34CCCN3CCC4)nc3c(F)c(-c4cc(OCOP(O)O)cc5ccc(F)c(CCCOC=O)c45)ncc23)C1. The Bertz CT molecular complexity index is 1960. The summed E-state index contributed by atoms with van der Waals surface area (Å²) in [5.41, 5.74) is 0.168. The third-order valence-electron chi connectivity index (χ3n) is 11.1. The monoisotopic (exact) mass is 754 g/mol. The van der Waals surface area contributed by atoms with Gasteiger partial charge in [0.15, 0.2) is 12.6 Å². The number of pyridine rings is 1. The number of piperidine rings is 1. The molecule has 7 rings (SSSR count). The van der Waals surface area contributed by atoms with Gasteiger partial charge in [0.2, 0.25) is 0 Å². The van der Waals surface area contributed by atoms with Gasteiger partial charge < -0.3 is 34.2 Å². The van der Waals surface area contributed by atoms with Crippen LogP contribution in [0.2, 0.25) is 0 Å². The number of nitrogens with one attached hydrogen (secondary N) is 1. The van der Waals surface area contributed by atoms with E-state index in [1.54, 1.807) is 18.3 Å². The Kier molecular flexibility index (Phi) is 11.2. The Morgan fingerprint density at radius 3 is 2.60 bits per heavy atom. The molecule has 3 saturated heterocycles. The molecular weight excluding hydrogens is 709 g/mol. The number of halogens is 2. The molecular formula is C37H45F2N6O7P. The van der Waals surface area contributed by atoms with Crippen LogP contribution in [0.15, 0.2) is 30.5 Å². The maximum atomic E-state index is 17.3. The second-order valence-electron chi connectivity index (χ2n) is 14.4. The predicted molar refractivity (Wildman–Crippen MR) is 196 cm³/mol. The highest BCUT2D eigenvalue weighted by Gasteiger charge is 2.45. The maximum absolute atomic E-state index is 17.3. The van der Waals surface area contributed by atoms with Crippen LogP contribution >= 0.6 is 8.60 Å². The number of aryl methyl sites for hydroxylation is 1. The van der Waals surface area contributed by atoms with E-state index in [1.165, 1.54) is 12.1 Å². The predicted octanol–water partition coefficient (Wildman–Crippen LogP) is 5.38. The molecule has 284 valence electrons. The van der Waals surface area contributed by atoms with Crippen LogP contribution in [0.3, 0.4) is 0 Å². The largest absolute Gasteiger partial charge is 0.468 e. The van der Waals surface area contributed by atoms with E-state index < -0.39 is 27.0 Å². The maximum Gasteiger partial charge on any atom is 0.330 e. The number of carbonyl (C=O) groups excluding carboxylic acids is 1. The lowest BCUT2D eigenvalue weighted by molar-refractivity contribution is -0.128. The number of carbonyl (C=O) groups is 1. The molecule has 4 aromatic rings. The first-order valence-corrected chi connectivity index (χ1v) is 19.2. The number of ether oxygens (including phenoxy) is 3. The minimum atomic E-state index is -2.68. The zero-order chi connectivity index (χ0) is 37.2. The van der Waals surface area contributed by atoms with Crippen molar-refractivity contribution in [2.45, 2.75) is 69.4 Å². The second-order valence-corrected chi connectivity index (χ2v) is 15.1. The molecule has 3 aliphatic heterocycles. The van der Waals surface area contributed by atoms with Crippen LogP contribution < -0.4 is 19.7 Å². The first-order chi connectivity index (χ1) is 25.6. The molecule has 3 fully saturated rings. The molecule has 0 saturated carbocycles. The lowest BCUT2D eigenvalue weighted by Gasteiger charge is -2.41. The smallest absolute Gasteiger partial charge is 0.330 e. The average molecular weight is 755 g/mol. The van der Waals surface area contributed by atoms with Crippen LogP contribution in [-0.4, -0.2) is 100 Å². The molecule has 0 radical (unpaired) electrons. The molecule has 16 heteroatoms. The normalized spacial score (nSPS) is 20.0. The number of hydrogen-bond acceptors (Lipinski definition) is 13. The van der Waals surface area contributed by atoms with E-state index in [2.05, 4.69) is 32.0 Å². The average Bonchev–Trinajstić information content (AvgIpc) is 3.74. The van der Waals surface area contributed by atoms with Crippen LogP contribution in [0, 0.1) is 11.6 Å². The molecule has 0 spiro atoms. The van der Waals surface area contributed by atoms with Crippen molar-refractivity contribution in [3.63, 3.8) is 0 Å². The van der Waals surface area contributed by atoms with Gasteiger partial charge in [-0.1, -0.05) is 6.07 Å². The molecule has 13 nitrogen and oxygen atoms in total. The number of nitrogens with zero attached hydrogens (tertiary/aromatic N) is 5. The van der Waals surface area contributed by atoms with E-state index in [1.807, 2.05) is 7.05 Å². The third kappa shape index (κ3) is 7.73. The zero-order valence-corrected chi connectivity index (χ0v) is 30.8. The summed E-state index contributed by atoms with van der Waals surface area (Å²) in [6, 6.07) is 6.08. The zero-order valence-electron chi connectivity index (χ0n) is 29.9. The van der Waals surface area contributed by atoms with Crippen molar-refractivity contribution in [2.24, 2.45) is 0 Å². The number of anilines is 1. The van der Waals surface area contributed by atoms with Crippen molar-refractivity contribution < 1.29 is 42.1 Å². The Hall–Kier alpha value is -3.85. The van der Waals surface area contributed by atoms with Gasteiger partial charge in [-0.05, 0) is 113 Å². The van der Waals surface area contributed by atoms with E-state index in [9.17, 15) is 14.6 Å². The Morgan fingerprint density at radius 1 is 1.06 bits per heavy atom. The molecule has 5 heterocycles. The number of rotatable bonds is 15. The fourth-order valence-electron chi connectivity index (χ4n) is 8.32. The van der Waals surface area contributed by atoms with E-state index in [-0.39, 0.29) is 58.2 Å². The number of hydrogen-bond donors (Lipinski definition) is 3. The number of fused-ring (bicyclic) bond motifs is 3. The van der Waals surface area contributed by atoms with Crippen LogP contribution in [0.4, 0.5) is 14.6 Å². The van der Waals surface area contributed by atoms with E-state index >= 15 is 8.78 Å². The van der Waals surface area contributed by atoms with Crippen molar-refractivity contribution in [3.05, 3.63) is 47.7 Å². The van der Waals surface area contributed by atoms with Crippen molar-refractivity contribution in [1.82, 2.24) is 25.2 Å². The van der Waals surface area contributed by atoms with Gasteiger partial charge >= 0.3 is 14.6 Å². The second kappa shape index (κ2) is 15.9. The van der Waals surface area contributed by atoms with Crippen LogP contribution in [0.1, 0.15) is 57.4 Å². The lowest BCUT2D eigenvalue weighted by atomic mass is 9.91. The summed E-state index contributed by atoms with van der Waals surface area (Å²) < 4.78 is 54.7. The highest BCUT2D eigenvalue weighted by Crippen LogP contribution is 2.42. The van der Waals surface area contributed by atoms with Crippen molar-refractivity contribution in [2.75, 3.05) is 58.1 Å². The standard InChI is InChI=1S/C37H45F2N6O7P/c1-36(40-2)10-4-13-44(20-36)34-28-19-41-32(31(39)33(28)42-35(43-34)50-21-37-11-5-14-45(37)15-6-12-37)27-18-25(51-23-52-53(47)48)17-24-8-9-29(38)26(30(24)27)7-3-16-49-22-46/h8-9,17-19,22,40,47-48H,3-7,10-16,20-21,23H2,1-2H3. The summed E-state index contributed by atoms with van der Waals surface area (Å²) in [6.45, 7) is 5.87. The summed E-state index contributed by atoms with van der Waals surface area (Å²) in [4.78, 5) is 48.1. The van der Waals surface area contributed by atoms with Crippen LogP contribution in [0.5, 0.6) is 11.8 Å². The molecule has 53 heavy (non-hydrogen) atoms. The summed E-state index contributed by atoms with van der Waals surface area (Å²) in [5.74, 6) is -0.521. The van der Waals surface area contributed by atoms with Crippen molar-refractivity contribution in [1.29, 1.82) is 0 Å². The molecule has 2 aromatic carbocycles. The Balaban J connectivity index is 1.37. The fourth-order valence-corrected chi connectivity index (χ4v) is 8.47. The molecule has 0 aliphatic carbocycles. The third-order valence-corrected chi connectivity index (χ3v) is 11.4. The van der Waals surface area contributed by atoms with E-state index in [0.29, 0.717) is 54.6 Å². The first kappa shape index (κ1) is 37.5. The molecule has 0 amide bonds. The summed E-state index contributed by atoms with van der Waals surface area (Å²) in [7, 11) is -0.741. The molecule has 1 unspecified atom stereocenters. The highest BCUT2D eigenvalue weighted by atomic mass is 31.2. The van der Waals surface area contributed by atoms with Gasteiger partial charge in [0.05, 0.1) is 17.5 Å². The summed E-state index contributed by atoms with van der Waals surface area (Å²) >= 11 is 0. The van der Waals surface area contributed by atoms with Gasteiger partial charge in [0.25, 0.3) is 6.47 Å². The molecule has 0 bridgehead atoms. The number of benzene rings is 2. The van der Waals surface area contributed by atoms with Gasteiger partial charge in [-0.25, -0.2) is 8.78 Å². The molecule has 1 atom stereocenters. The Morgan fingerprint density at radius 2 is 1.85 bits per heavy atom. The van der Waals surface area contributed by atoms with Crippen molar-refractivity contribution in [3.8, 4) is 23.0 Å². The molecule has 2 aromatic heterocycles. The van der Waals surface area contributed by atoms with Gasteiger partial charge in [0.1, 0.15) is 35.2 Å². The van der Waals surface area contributed by atoms with E-state index in [0.717, 1.165) is 51.6 Å². The van der Waals surface area contributed by atoms with Gasteiger partial charge in [-0.15, -0.1) is 0 Å². The highest BCUT2D eigenvalue weighted by molar-refractivity contribution is 7.39. The number of likely N-dealkylation sites (N-methyl/N-ethyl adjacent to an activating group) is 1.